The second-order valence-corrected chi connectivity index (χ2v) is 6.20. The average molecular weight is 301 g/mol. The van der Waals surface area contributed by atoms with E-state index in [0.717, 1.165) is 30.9 Å². The first-order valence-corrected chi connectivity index (χ1v) is 7.74. The number of carbonyl (C=O) groups is 1. The van der Waals surface area contributed by atoms with Gasteiger partial charge in [-0.25, -0.2) is 0 Å². The lowest BCUT2D eigenvalue weighted by molar-refractivity contribution is 0.0727. The Balaban J connectivity index is 1.72. The summed E-state index contributed by atoms with van der Waals surface area (Å²) in [6, 6.07) is 4.15. The molecule has 1 amide bonds. The summed E-state index contributed by atoms with van der Waals surface area (Å²) in [6.07, 6.45) is 2.64. The molecular weight excluding hydrogens is 278 g/mol. The molecular formula is C16H23N5O. The van der Waals surface area contributed by atoms with Crippen LogP contribution in [0.5, 0.6) is 0 Å². The van der Waals surface area contributed by atoms with Gasteiger partial charge in [-0.05, 0) is 39.4 Å². The lowest BCUT2D eigenvalue weighted by Gasteiger charge is -2.27. The van der Waals surface area contributed by atoms with E-state index in [2.05, 4.69) is 41.0 Å². The van der Waals surface area contributed by atoms with E-state index in [1.807, 2.05) is 17.0 Å². The summed E-state index contributed by atoms with van der Waals surface area (Å²) < 4.78 is 0. The summed E-state index contributed by atoms with van der Waals surface area (Å²) in [7, 11) is 2.11. The van der Waals surface area contributed by atoms with Crippen LogP contribution in [-0.4, -0.2) is 50.5 Å². The first-order valence-electron chi connectivity index (χ1n) is 7.74. The van der Waals surface area contributed by atoms with Crippen LogP contribution in [0.3, 0.4) is 0 Å². The van der Waals surface area contributed by atoms with Gasteiger partial charge in [0.15, 0.2) is 0 Å². The minimum absolute atomic E-state index is 0.0473. The zero-order valence-corrected chi connectivity index (χ0v) is 13.4. The van der Waals surface area contributed by atoms with E-state index in [1.54, 1.807) is 6.20 Å². The average Bonchev–Trinajstić information content (AvgIpc) is 3.16. The maximum Gasteiger partial charge on any atom is 0.270 e. The molecule has 6 nitrogen and oxygen atoms in total. The van der Waals surface area contributed by atoms with Gasteiger partial charge in [-0.15, -0.1) is 0 Å². The van der Waals surface area contributed by atoms with Crippen LogP contribution in [0.2, 0.25) is 0 Å². The quantitative estimate of drug-likeness (QED) is 0.904. The van der Waals surface area contributed by atoms with Gasteiger partial charge >= 0.3 is 0 Å². The molecule has 2 N–H and O–H groups in total. The highest BCUT2D eigenvalue weighted by atomic mass is 16.2. The van der Waals surface area contributed by atoms with Crippen LogP contribution >= 0.6 is 0 Å². The van der Waals surface area contributed by atoms with Crippen LogP contribution in [-0.2, 0) is 19.5 Å². The molecule has 22 heavy (non-hydrogen) atoms. The fourth-order valence-electron chi connectivity index (χ4n) is 2.74. The number of aromatic nitrogens is 3. The van der Waals surface area contributed by atoms with Crippen molar-refractivity contribution in [1.82, 2.24) is 25.0 Å². The molecule has 0 saturated heterocycles. The Morgan fingerprint density at radius 3 is 3.00 bits per heavy atom. The Kier molecular flexibility index (Phi) is 4.02. The van der Waals surface area contributed by atoms with Crippen LogP contribution in [0.4, 0.5) is 0 Å². The highest BCUT2D eigenvalue weighted by Gasteiger charge is 2.26. The molecule has 2 aromatic rings. The SMILES string of the molecule is CC(C)N(C)Cc1n[nH]c2c1CCN(C(=O)c1ccc[nH]1)C2. The van der Waals surface area contributed by atoms with Gasteiger partial charge in [0, 0.05) is 30.9 Å². The van der Waals surface area contributed by atoms with Crippen molar-refractivity contribution in [2.45, 2.75) is 39.4 Å². The van der Waals surface area contributed by atoms with Gasteiger partial charge in [-0.2, -0.15) is 5.10 Å². The summed E-state index contributed by atoms with van der Waals surface area (Å²) in [4.78, 5) is 19.5. The van der Waals surface area contributed by atoms with E-state index in [9.17, 15) is 4.79 Å². The second kappa shape index (κ2) is 5.96. The van der Waals surface area contributed by atoms with Gasteiger partial charge in [0.25, 0.3) is 5.91 Å². The summed E-state index contributed by atoms with van der Waals surface area (Å²) in [5.41, 5.74) is 4.10. The molecule has 1 aliphatic rings. The Morgan fingerprint density at radius 1 is 1.50 bits per heavy atom. The maximum atomic E-state index is 12.4. The van der Waals surface area contributed by atoms with E-state index in [-0.39, 0.29) is 5.91 Å². The Morgan fingerprint density at radius 2 is 2.32 bits per heavy atom. The van der Waals surface area contributed by atoms with E-state index in [4.69, 9.17) is 0 Å². The number of hydrogen-bond acceptors (Lipinski definition) is 3. The van der Waals surface area contributed by atoms with Crippen molar-refractivity contribution < 1.29 is 4.79 Å². The Hall–Kier alpha value is -2.08. The standard InChI is InChI=1S/C16H23N5O/c1-11(2)20(3)9-14-12-6-8-21(10-15(12)19-18-14)16(22)13-5-4-7-17-13/h4-5,7,11,17H,6,8-10H2,1-3H3,(H,18,19). The fourth-order valence-corrected chi connectivity index (χ4v) is 2.74. The number of nitrogens with zero attached hydrogens (tertiary/aromatic N) is 3. The second-order valence-electron chi connectivity index (χ2n) is 6.20. The van der Waals surface area contributed by atoms with Gasteiger partial charge in [-0.3, -0.25) is 14.8 Å². The number of fused-ring (bicyclic) bond motifs is 1. The minimum atomic E-state index is 0.0473. The van der Waals surface area contributed by atoms with E-state index in [1.165, 1.54) is 5.56 Å². The molecule has 118 valence electrons. The molecule has 2 aromatic heterocycles. The van der Waals surface area contributed by atoms with Crippen LogP contribution in [0.15, 0.2) is 18.3 Å². The summed E-state index contributed by atoms with van der Waals surface area (Å²) in [6.45, 7) is 6.54. The molecule has 0 aromatic carbocycles. The third-order valence-corrected chi connectivity index (χ3v) is 4.42. The van der Waals surface area contributed by atoms with E-state index >= 15 is 0 Å². The van der Waals surface area contributed by atoms with Gasteiger partial charge in [0.2, 0.25) is 0 Å². The van der Waals surface area contributed by atoms with Gasteiger partial charge in [0.1, 0.15) is 5.69 Å². The Labute approximate surface area is 130 Å². The number of H-pyrrole nitrogens is 2. The smallest absolute Gasteiger partial charge is 0.270 e. The molecule has 3 rings (SSSR count). The van der Waals surface area contributed by atoms with Gasteiger partial charge < -0.3 is 9.88 Å². The molecule has 0 unspecified atom stereocenters. The molecule has 0 spiro atoms. The normalized spacial score (nSPS) is 14.7. The lowest BCUT2D eigenvalue weighted by Crippen LogP contribution is -2.36. The summed E-state index contributed by atoms with van der Waals surface area (Å²) in [5, 5.41) is 7.58. The van der Waals surface area contributed by atoms with Crippen LogP contribution in [0.1, 0.15) is 41.3 Å². The minimum Gasteiger partial charge on any atom is -0.357 e. The van der Waals surface area contributed by atoms with Crippen molar-refractivity contribution in [2.75, 3.05) is 13.6 Å². The van der Waals surface area contributed by atoms with Crippen molar-refractivity contribution in [3.63, 3.8) is 0 Å². The number of aromatic amines is 2. The summed E-state index contributed by atoms with van der Waals surface area (Å²) in [5.74, 6) is 0.0473. The van der Waals surface area contributed by atoms with Crippen molar-refractivity contribution in [3.05, 3.63) is 41.0 Å². The third-order valence-electron chi connectivity index (χ3n) is 4.42. The molecule has 3 heterocycles. The molecule has 0 aliphatic carbocycles. The molecule has 6 heteroatoms. The first-order chi connectivity index (χ1) is 10.6. The molecule has 1 aliphatic heterocycles. The van der Waals surface area contributed by atoms with Crippen molar-refractivity contribution in [1.29, 1.82) is 0 Å². The van der Waals surface area contributed by atoms with E-state index < -0.39 is 0 Å². The number of rotatable bonds is 4. The number of carbonyl (C=O) groups excluding carboxylic acids is 1. The maximum absolute atomic E-state index is 12.4. The van der Waals surface area contributed by atoms with Crippen molar-refractivity contribution >= 4 is 5.91 Å². The van der Waals surface area contributed by atoms with Gasteiger partial charge in [-0.1, -0.05) is 0 Å². The molecule has 0 fully saturated rings. The molecule has 0 atom stereocenters. The van der Waals surface area contributed by atoms with Crippen LogP contribution < -0.4 is 0 Å². The zero-order chi connectivity index (χ0) is 15.7. The number of amides is 1. The largest absolute Gasteiger partial charge is 0.357 e. The monoisotopic (exact) mass is 301 g/mol. The van der Waals surface area contributed by atoms with Crippen molar-refractivity contribution in [3.8, 4) is 0 Å². The predicted molar refractivity (Wildman–Crippen MR) is 84.4 cm³/mol. The molecule has 0 saturated carbocycles. The third kappa shape index (κ3) is 2.78. The van der Waals surface area contributed by atoms with Crippen molar-refractivity contribution in [2.24, 2.45) is 0 Å². The number of hydrogen-bond donors (Lipinski definition) is 2. The molecule has 0 bridgehead atoms. The highest BCUT2D eigenvalue weighted by Crippen LogP contribution is 2.22. The molecule has 0 radical (unpaired) electrons. The fraction of sp³-hybridized carbons (Fsp3) is 0.500. The van der Waals surface area contributed by atoms with E-state index in [0.29, 0.717) is 18.3 Å². The summed E-state index contributed by atoms with van der Waals surface area (Å²) >= 11 is 0. The highest BCUT2D eigenvalue weighted by molar-refractivity contribution is 5.92. The zero-order valence-electron chi connectivity index (χ0n) is 13.4. The van der Waals surface area contributed by atoms with Gasteiger partial charge in [0.05, 0.1) is 17.9 Å². The lowest BCUT2D eigenvalue weighted by atomic mass is 10.0. The number of nitrogens with one attached hydrogen (secondary N) is 2. The predicted octanol–water partition coefficient (Wildman–Crippen LogP) is 1.78. The van der Waals surface area contributed by atoms with Crippen LogP contribution in [0, 0.1) is 0 Å². The van der Waals surface area contributed by atoms with Crippen LogP contribution in [0.25, 0.3) is 0 Å². The topological polar surface area (TPSA) is 68.0 Å². The first kappa shape index (κ1) is 14.8. The Bertz CT molecular complexity index is 644.